The van der Waals surface area contributed by atoms with Gasteiger partial charge in [0.25, 0.3) is 5.91 Å². The molecule has 7 nitrogen and oxygen atoms in total. The maximum Gasteiger partial charge on any atom is 0.435 e. The van der Waals surface area contributed by atoms with Gasteiger partial charge >= 0.3 is 6.18 Å². The number of halogens is 4. The maximum absolute atomic E-state index is 15.0. The van der Waals surface area contributed by atoms with Crippen LogP contribution in [0.3, 0.4) is 0 Å². The van der Waals surface area contributed by atoms with E-state index < -0.39 is 29.3 Å². The largest absolute Gasteiger partial charge is 0.497 e. The van der Waals surface area contributed by atoms with Crippen LogP contribution in [0.25, 0.3) is 5.69 Å². The lowest BCUT2D eigenvalue weighted by Gasteiger charge is -2.21. The minimum Gasteiger partial charge on any atom is -0.497 e. The molecule has 4 aromatic rings. The Hall–Kier alpha value is -4.69. The molecule has 1 unspecified atom stereocenters. The Balaban J connectivity index is 1.48. The van der Waals surface area contributed by atoms with Gasteiger partial charge in [0.05, 0.1) is 36.2 Å². The summed E-state index contributed by atoms with van der Waals surface area (Å²) in [7, 11) is 1.57. The molecule has 2 N–H and O–H groups in total. The van der Waals surface area contributed by atoms with Crippen LogP contribution in [0.2, 0.25) is 0 Å². The predicted molar refractivity (Wildman–Crippen MR) is 143 cm³/mol. The Labute approximate surface area is 233 Å². The molecule has 1 amide bonds. The first-order valence-corrected chi connectivity index (χ1v) is 12.8. The van der Waals surface area contributed by atoms with Crippen LogP contribution in [0.4, 0.5) is 23.2 Å². The van der Waals surface area contributed by atoms with Gasteiger partial charge in [0.1, 0.15) is 17.3 Å². The number of hydrogen-bond donors (Lipinski definition) is 2. The van der Waals surface area contributed by atoms with Gasteiger partial charge in [-0.15, -0.1) is 0 Å². The van der Waals surface area contributed by atoms with Crippen molar-refractivity contribution in [2.45, 2.75) is 25.1 Å². The fourth-order valence-corrected chi connectivity index (χ4v) is 4.42. The number of carbonyl (C=O) groups is 1. The zero-order valence-electron chi connectivity index (χ0n) is 21.9. The number of nitrogens with zero attached hydrogens (tertiary/aromatic N) is 3. The second-order valence-corrected chi connectivity index (χ2v) is 9.74. The zero-order valence-corrected chi connectivity index (χ0v) is 21.9. The molecule has 0 spiro atoms. The second kappa shape index (κ2) is 11.4. The van der Waals surface area contributed by atoms with Gasteiger partial charge in [-0.1, -0.05) is 24.3 Å². The Morgan fingerprint density at radius 1 is 1.10 bits per heavy atom. The van der Waals surface area contributed by atoms with Crippen molar-refractivity contribution in [1.82, 2.24) is 15.1 Å². The molecule has 210 valence electrons. The summed E-state index contributed by atoms with van der Waals surface area (Å²) >= 11 is 0. The van der Waals surface area contributed by atoms with E-state index in [0.29, 0.717) is 23.3 Å². The van der Waals surface area contributed by atoms with Crippen LogP contribution in [0, 0.1) is 23.1 Å². The first kappa shape index (κ1) is 27.9. The monoisotopic (exact) mass is 563 g/mol. The molecular weight excluding hydrogens is 538 g/mol. The third-order valence-corrected chi connectivity index (χ3v) is 6.78. The number of ether oxygens (including phenoxy) is 1. The quantitative estimate of drug-likeness (QED) is 0.235. The van der Waals surface area contributed by atoms with Crippen LogP contribution >= 0.6 is 0 Å². The lowest BCUT2D eigenvalue weighted by molar-refractivity contribution is -0.141. The first-order valence-electron chi connectivity index (χ1n) is 12.8. The highest BCUT2D eigenvalue weighted by Crippen LogP contribution is 2.33. The highest BCUT2D eigenvalue weighted by molar-refractivity contribution is 6.03. The van der Waals surface area contributed by atoms with Crippen molar-refractivity contribution in [2.24, 2.45) is 5.92 Å². The van der Waals surface area contributed by atoms with Gasteiger partial charge in [0.2, 0.25) is 0 Å². The van der Waals surface area contributed by atoms with Crippen molar-refractivity contribution < 1.29 is 27.1 Å². The molecular formula is C30H25F4N5O2. The predicted octanol–water partition coefficient (Wildman–Crippen LogP) is 6.25. The summed E-state index contributed by atoms with van der Waals surface area (Å²) < 4.78 is 61.6. The van der Waals surface area contributed by atoms with Gasteiger partial charge in [-0.2, -0.15) is 23.5 Å². The Morgan fingerprint density at radius 3 is 2.49 bits per heavy atom. The standard InChI is InChI=1S/C30H25F4N5O2/c1-41-23-10-7-20(8-11-23)28(36-17-18-5-6-18)21-9-12-24(31)25(14-21)37-29(40)26-15-27(30(32,33)34)38-39(26)22-4-2-3-19(13-22)16-35/h2-4,7-15,18,28,36H,5-6,17H2,1H3,(H,37,40). The molecule has 1 aliphatic carbocycles. The molecule has 1 aromatic heterocycles. The van der Waals surface area contributed by atoms with Crippen LogP contribution < -0.4 is 15.4 Å². The average Bonchev–Trinajstić information content (AvgIpc) is 3.68. The SMILES string of the molecule is COc1ccc(C(NCC2CC2)c2ccc(F)c(NC(=O)c3cc(C(F)(F)F)nn3-c3cccc(C#N)c3)c2)cc1. The van der Waals surface area contributed by atoms with Gasteiger partial charge in [-0.05, 0) is 78.9 Å². The van der Waals surface area contributed by atoms with E-state index in [4.69, 9.17) is 4.74 Å². The smallest absolute Gasteiger partial charge is 0.435 e. The van der Waals surface area contributed by atoms with Crippen LogP contribution in [0.5, 0.6) is 5.75 Å². The van der Waals surface area contributed by atoms with Crippen LogP contribution in [0.15, 0.2) is 72.8 Å². The van der Waals surface area contributed by atoms with Crippen molar-refractivity contribution >= 4 is 11.6 Å². The highest BCUT2D eigenvalue weighted by Gasteiger charge is 2.36. The van der Waals surface area contributed by atoms with E-state index in [2.05, 4.69) is 15.7 Å². The van der Waals surface area contributed by atoms with Gasteiger partial charge < -0.3 is 15.4 Å². The summed E-state index contributed by atoms with van der Waals surface area (Å²) in [5, 5.41) is 18.7. The summed E-state index contributed by atoms with van der Waals surface area (Å²) in [5.41, 5.74) is -0.202. The fraction of sp³-hybridized carbons (Fsp3) is 0.233. The van der Waals surface area contributed by atoms with Gasteiger partial charge in [0, 0.05) is 6.07 Å². The van der Waals surface area contributed by atoms with E-state index >= 15 is 0 Å². The molecule has 1 heterocycles. The number of hydrogen-bond acceptors (Lipinski definition) is 5. The molecule has 1 aliphatic rings. The van der Waals surface area contributed by atoms with E-state index in [-0.39, 0.29) is 23.0 Å². The number of amides is 1. The number of methoxy groups -OCH3 is 1. The van der Waals surface area contributed by atoms with Crippen molar-refractivity contribution in [3.05, 3.63) is 107 Å². The average molecular weight is 564 g/mol. The lowest BCUT2D eigenvalue weighted by atomic mass is 9.97. The molecule has 0 saturated heterocycles. The summed E-state index contributed by atoms with van der Waals surface area (Å²) in [4.78, 5) is 13.3. The topological polar surface area (TPSA) is 92.0 Å². The molecule has 41 heavy (non-hydrogen) atoms. The van der Waals surface area contributed by atoms with E-state index in [0.717, 1.165) is 29.6 Å². The fourth-order valence-electron chi connectivity index (χ4n) is 4.42. The third-order valence-electron chi connectivity index (χ3n) is 6.78. The van der Waals surface area contributed by atoms with E-state index in [1.54, 1.807) is 13.2 Å². The van der Waals surface area contributed by atoms with E-state index in [1.165, 1.54) is 36.4 Å². The highest BCUT2D eigenvalue weighted by atomic mass is 19.4. The molecule has 1 fully saturated rings. The van der Waals surface area contributed by atoms with Crippen molar-refractivity contribution in [3.8, 4) is 17.5 Å². The molecule has 11 heteroatoms. The molecule has 0 bridgehead atoms. The number of nitriles is 1. The summed E-state index contributed by atoms with van der Waals surface area (Å²) in [6, 6.07) is 19.5. The van der Waals surface area contributed by atoms with Crippen LogP contribution in [-0.4, -0.2) is 29.3 Å². The Morgan fingerprint density at radius 2 is 1.83 bits per heavy atom. The summed E-state index contributed by atoms with van der Waals surface area (Å²) in [6.07, 6.45) is -2.59. The lowest BCUT2D eigenvalue weighted by Crippen LogP contribution is -2.25. The number of carbonyl (C=O) groups excluding carboxylic acids is 1. The van der Waals surface area contributed by atoms with Crippen molar-refractivity contribution in [3.63, 3.8) is 0 Å². The van der Waals surface area contributed by atoms with E-state index in [9.17, 15) is 27.6 Å². The maximum atomic E-state index is 15.0. The summed E-state index contributed by atoms with van der Waals surface area (Å²) in [6.45, 7) is 0.747. The Bertz CT molecular complexity index is 1600. The number of aromatic nitrogens is 2. The molecule has 0 radical (unpaired) electrons. The van der Waals surface area contributed by atoms with Crippen LogP contribution in [-0.2, 0) is 6.18 Å². The second-order valence-electron chi connectivity index (χ2n) is 9.74. The Kier molecular flexibility index (Phi) is 7.77. The number of rotatable bonds is 9. The molecule has 1 atom stereocenters. The van der Waals surface area contributed by atoms with Gasteiger partial charge in [-0.25, -0.2) is 9.07 Å². The third kappa shape index (κ3) is 6.39. The number of benzene rings is 3. The normalized spacial score (nSPS) is 13.9. The number of alkyl halides is 3. The number of anilines is 1. The first-order chi connectivity index (χ1) is 19.7. The van der Waals surface area contributed by atoms with Crippen molar-refractivity contribution in [2.75, 3.05) is 19.0 Å². The number of nitrogens with one attached hydrogen (secondary N) is 2. The minimum absolute atomic E-state index is 0.0720. The minimum atomic E-state index is -4.84. The molecule has 5 rings (SSSR count). The van der Waals surface area contributed by atoms with Crippen LogP contribution in [0.1, 0.15) is 51.8 Å². The molecule has 0 aliphatic heterocycles. The summed E-state index contributed by atoms with van der Waals surface area (Å²) in [5.74, 6) is -0.528. The molecule has 3 aromatic carbocycles. The van der Waals surface area contributed by atoms with Gasteiger partial charge in [0.15, 0.2) is 5.69 Å². The zero-order chi connectivity index (χ0) is 29.1. The van der Waals surface area contributed by atoms with E-state index in [1.807, 2.05) is 30.3 Å². The van der Waals surface area contributed by atoms with Gasteiger partial charge in [-0.3, -0.25) is 4.79 Å². The molecule has 1 saturated carbocycles. The van der Waals surface area contributed by atoms with Crippen molar-refractivity contribution in [1.29, 1.82) is 5.26 Å².